The molecule has 0 fully saturated rings. The maximum absolute atomic E-state index is 10.9. The second-order valence-electron chi connectivity index (χ2n) is 2.71. The lowest BCUT2D eigenvalue weighted by atomic mass is 10.2. The molecule has 0 aliphatic rings. The molecule has 0 N–H and O–H groups in total. The first kappa shape index (κ1) is 10.3. The van der Waals surface area contributed by atoms with Crippen LogP contribution in [0.5, 0.6) is 0 Å². The highest BCUT2D eigenvalue weighted by atomic mass is 35.7. The summed E-state index contributed by atoms with van der Waals surface area (Å²) in [4.78, 5) is 0. The van der Waals surface area contributed by atoms with Gasteiger partial charge < -0.3 is 0 Å². The van der Waals surface area contributed by atoms with Crippen molar-refractivity contribution in [2.75, 3.05) is 0 Å². The van der Waals surface area contributed by atoms with Gasteiger partial charge in [-0.15, -0.1) is 0 Å². The number of rotatable bonds is 2. The van der Waals surface area contributed by atoms with Gasteiger partial charge in [0.2, 0.25) is 0 Å². The summed E-state index contributed by atoms with van der Waals surface area (Å²) in [6.07, 6.45) is 0. The molecule has 0 unspecified atom stereocenters. The van der Waals surface area contributed by atoms with Gasteiger partial charge in [0.15, 0.2) is 5.03 Å². The van der Waals surface area contributed by atoms with Crippen molar-refractivity contribution >= 4 is 25.3 Å². The summed E-state index contributed by atoms with van der Waals surface area (Å²) in [5, 5.41) is 3.60. The van der Waals surface area contributed by atoms with Gasteiger partial charge in [0.05, 0.1) is 5.69 Å². The van der Waals surface area contributed by atoms with Crippen molar-refractivity contribution in [3.05, 3.63) is 18.3 Å². The largest absolute Gasteiger partial charge is 0.280 e. The molecule has 1 rings (SSSR count). The number of allylic oxidation sites excluding steroid dienone is 1. The molecule has 0 saturated carbocycles. The maximum Gasteiger partial charge on any atom is 0.280 e. The van der Waals surface area contributed by atoms with Crippen LogP contribution in [-0.4, -0.2) is 18.2 Å². The lowest BCUT2D eigenvalue weighted by Gasteiger charge is -1.96. The van der Waals surface area contributed by atoms with Gasteiger partial charge in [0.1, 0.15) is 0 Å². The summed E-state index contributed by atoms with van der Waals surface area (Å²) < 4.78 is 23.2. The first-order valence-corrected chi connectivity index (χ1v) is 5.78. The zero-order valence-corrected chi connectivity index (χ0v) is 8.85. The van der Waals surface area contributed by atoms with Gasteiger partial charge >= 0.3 is 0 Å². The molecule has 1 aromatic rings. The molecular weight excluding hydrogens is 212 g/mol. The number of hydrogen-bond acceptors (Lipinski definition) is 3. The van der Waals surface area contributed by atoms with E-state index in [2.05, 4.69) is 11.7 Å². The van der Waals surface area contributed by atoms with Crippen LogP contribution in [0.3, 0.4) is 0 Å². The van der Waals surface area contributed by atoms with Crippen molar-refractivity contribution in [2.24, 2.45) is 7.05 Å². The van der Waals surface area contributed by atoms with Gasteiger partial charge in [-0.25, -0.2) is 8.42 Å². The van der Waals surface area contributed by atoms with E-state index >= 15 is 0 Å². The Hall–Kier alpha value is -0.810. The molecule has 0 aromatic carbocycles. The highest BCUT2D eigenvalue weighted by Crippen LogP contribution is 2.18. The molecule has 0 radical (unpaired) electrons. The molecule has 0 spiro atoms. The third-order valence-corrected chi connectivity index (χ3v) is 2.72. The fourth-order valence-electron chi connectivity index (χ4n) is 0.960. The number of aromatic nitrogens is 2. The molecule has 13 heavy (non-hydrogen) atoms. The average molecular weight is 221 g/mol. The predicted octanol–water partition coefficient (Wildman–Crippen LogP) is 1.38. The molecule has 72 valence electrons. The third-order valence-electron chi connectivity index (χ3n) is 1.54. The molecule has 0 atom stereocenters. The Labute approximate surface area is 81.2 Å². The van der Waals surface area contributed by atoms with Gasteiger partial charge in [0.25, 0.3) is 9.05 Å². The van der Waals surface area contributed by atoms with Crippen LogP contribution in [0.1, 0.15) is 12.6 Å². The van der Waals surface area contributed by atoms with Crippen LogP contribution in [-0.2, 0) is 16.1 Å². The minimum Gasteiger partial charge on any atom is -0.267 e. The SMILES string of the molecule is C=C(C)c1cc(S(=O)(=O)Cl)nn1C. The summed E-state index contributed by atoms with van der Waals surface area (Å²) in [5.41, 5.74) is 1.39. The summed E-state index contributed by atoms with van der Waals surface area (Å²) in [7, 11) is 3.01. The fraction of sp³-hybridized carbons (Fsp3) is 0.286. The van der Waals surface area contributed by atoms with Gasteiger partial charge in [0, 0.05) is 23.8 Å². The Kier molecular flexibility index (Phi) is 2.49. The number of halogens is 1. The van der Waals surface area contributed by atoms with Crippen molar-refractivity contribution in [3.63, 3.8) is 0 Å². The Morgan fingerprint density at radius 1 is 1.69 bits per heavy atom. The number of hydrogen-bond donors (Lipinski definition) is 0. The Morgan fingerprint density at radius 3 is 2.46 bits per heavy atom. The minimum atomic E-state index is -3.74. The zero-order chi connectivity index (χ0) is 10.2. The highest BCUT2D eigenvalue weighted by Gasteiger charge is 2.16. The van der Waals surface area contributed by atoms with Crippen LogP contribution in [0.15, 0.2) is 17.7 Å². The third kappa shape index (κ3) is 2.10. The van der Waals surface area contributed by atoms with Crippen LogP contribution < -0.4 is 0 Å². The van der Waals surface area contributed by atoms with Crippen LogP contribution >= 0.6 is 10.7 Å². The molecule has 0 bridgehead atoms. The van der Waals surface area contributed by atoms with E-state index in [0.29, 0.717) is 5.69 Å². The van der Waals surface area contributed by atoms with Gasteiger partial charge in [-0.05, 0) is 12.5 Å². The van der Waals surface area contributed by atoms with Gasteiger partial charge in [-0.3, -0.25) is 4.68 Å². The lowest BCUT2D eigenvalue weighted by molar-refractivity contribution is 0.601. The molecule has 0 aliphatic carbocycles. The minimum absolute atomic E-state index is 0.144. The smallest absolute Gasteiger partial charge is 0.267 e. The first-order chi connectivity index (χ1) is 5.82. The summed E-state index contributed by atoms with van der Waals surface area (Å²) in [6, 6.07) is 1.39. The second-order valence-corrected chi connectivity index (χ2v) is 5.22. The summed E-state index contributed by atoms with van der Waals surface area (Å²) >= 11 is 0. The quantitative estimate of drug-likeness (QED) is 0.708. The fourth-order valence-corrected chi connectivity index (χ4v) is 1.66. The first-order valence-electron chi connectivity index (χ1n) is 3.47. The van der Waals surface area contributed by atoms with Crippen LogP contribution in [0.2, 0.25) is 0 Å². The molecular formula is C7H9ClN2O2S. The summed E-state index contributed by atoms with van der Waals surface area (Å²) in [6.45, 7) is 5.45. The topological polar surface area (TPSA) is 52.0 Å². The van der Waals surface area contributed by atoms with Crippen molar-refractivity contribution in [3.8, 4) is 0 Å². The van der Waals surface area contributed by atoms with Crippen molar-refractivity contribution in [1.29, 1.82) is 0 Å². The lowest BCUT2D eigenvalue weighted by Crippen LogP contribution is -1.97. The highest BCUT2D eigenvalue weighted by molar-refractivity contribution is 8.13. The number of nitrogens with zero attached hydrogens (tertiary/aromatic N) is 2. The van der Waals surface area contributed by atoms with E-state index in [4.69, 9.17) is 10.7 Å². The molecule has 4 nitrogen and oxygen atoms in total. The molecule has 0 aliphatic heterocycles. The maximum atomic E-state index is 10.9. The molecule has 0 amide bonds. The van der Waals surface area contributed by atoms with Crippen LogP contribution in [0.4, 0.5) is 0 Å². The normalized spacial score (nSPS) is 11.6. The van der Waals surface area contributed by atoms with Crippen molar-refractivity contribution < 1.29 is 8.42 Å². The second kappa shape index (κ2) is 3.16. The number of aryl methyl sites for hydroxylation is 1. The monoisotopic (exact) mass is 220 g/mol. The van der Waals surface area contributed by atoms with Gasteiger partial charge in [-0.2, -0.15) is 5.10 Å². The van der Waals surface area contributed by atoms with E-state index in [1.165, 1.54) is 10.7 Å². The molecule has 1 aromatic heterocycles. The van der Waals surface area contributed by atoms with Crippen molar-refractivity contribution in [1.82, 2.24) is 9.78 Å². The van der Waals surface area contributed by atoms with Crippen molar-refractivity contribution in [2.45, 2.75) is 11.9 Å². The zero-order valence-electron chi connectivity index (χ0n) is 7.28. The average Bonchev–Trinajstić information content (AvgIpc) is 2.29. The van der Waals surface area contributed by atoms with Gasteiger partial charge in [-0.1, -0.05) is 6.58 Å². The Bertz CT molecular complexity index is 447. The summed E-state index contributed by atoms with van der Waals surface area (Å²) in [5.74, 6) is 0. The predicted molar refractivity (Wildman–Crippen MR) is 51.0 cm³/mol. The molecule has 6 heteroatoms. The van der Waals surface area contributed by atoms with E-state index in [1.54, 1.807) is 14.0 Å². The standard InChI is InChI=1S/C7H9ClN2O2S/c1-5(2)6-4-7(9-10(6)3)13(8,11)12/h4H,1H2,2-3H3. The van der Waals surface area contributed by atoms with Crippen LogP contribution in [0, 0.1) is 0 Å². The van der Waals surface area contributed by atoms with E-state index in [9.17, 15) is 8.42 Å². The Morgan fingerprint density at radius 2 is 2.23 bits per heavy atom. The molecule has 1 heterocycles. The van der Waals surface area contributed by atoms with E-state index in [-0.39, 0.29) is 5.03 Å². The van der Waals surface area contributed by atoms with Crippen LogP contribution in [0.25, 0.3) is 5.57 Å². The van der Waals surface area contributed by atoms with E-state index in [0.717, 1.165) is 5.57 Å². The van der Waals surface area contributed by atoms with E-state index in [1.807, 2.05) is 0 Å². The molecule has 0 saturated heterocycles. The van der Waals surface area contributed by atoms with E-state index < -0.39 is 9.05 Å². The Balaban J connectivity index is 3.33.